The van der Waals surface area contributed by atoms with Crippen LogP contribution in [0.4, 0.5) is 5.69 Å². The highest BCUT2D eigenvalue weighted by Gasteiger charge is 2.28. The van der Waals surface area contributed by atoms with E-state index < -0.39 is 10.0 Å². The summed E-state index contributed by atoms with van der Waals surface area (Å²) in [6, 6.07) is 5.90. The van der Waals surface area contributed by atoms with Gasteiger partial charge in [-0.25, -0.2) is 8.42 Å². The highest BCUT2D eigenvalue weighted by atomic mass is 32.2. The van der Waals surface area contributed by atoms with Crippen molar-refractivity contribution in [2.45, 2.75) is 43.9 Å². The first kappa shape index (κ1) is 12.9. The Kier molecular flexibility index (Phi) is 3.50. The van der Waals surface area contributed by atoms with E-state index in [1.165, 1.54) is 11.1 Å². The maximum Gasteiger partial charge on any atom is 0.235 e. The Bertz CT molecular complexity index is 563. The minimum Gasteiger partial charge on any atom is -0.312 e. The zero-order chi connectivity index (χ0) is 13.3. The van der Waals surface area contributed by atoms with Crippen LogP contribution < -0.4 is 10.0 Å². The molecule has 1 saturated carbocycles. The Morgan fingerprint density at radius 3 is 2.74 bits per heavy atom. The van der Waals surface area contributed by atoms with Gasteiger partial charge in [-0.05, 0) is 49.1 Å². The second kappa shape index (κ2) is 5.13. The largest absolute Gasteiger partial charge is 0.312 e. The van der Waals surface area contributed by atoms with Crippen molar-refractivity contribution in [3.8, 4) is 0 Å². The van der Waals surface area contributed by atoms with Gasteiger partial charge in [0, 0.05) is 12.2 Å². The molecule has 0 amide bonds. The van der Waals surface area contributed by atoms with Crippen LogP contribution in [0.1, 0.15) is 36.8 Å². The number of hydrogen-bond acceptors (Lipinski definition) is 3. The van der Waals surface area contributed by atoms with E-state index in [4.69, 9.17) is 0 Å². The predicted molar refractivity (Wildman–Crippen MR) is 76.7 cm³/mol. The molecule has 19 heavy (non-hydrogen) atoms. The summed E-state index contributed by atoms with van der Waals surface area (Å²) in [6.45, 7) is 1.83. The van der Waals surface area contributed by atoms with E-state index in [1.54, 1.807) is 0 Å². The molecular formula is C14H20N2O2S. The Hall–Kier alpha value is -1.07. The topological polar surface area (TPSA) is 58.2 Å². The van der Waals surface area contributed by atoms with E-state index >= 15 is 0 Å². The summed E-state index contributed by atoms with van der Waals surface area (Å²) >= 11 is 0. The van der Waals surface area contributed by atoms with E-state index in [2.05, 4.69) is 10.0 Å². The molecule has 1 aliphatic carbocycles. The first-order valence-electron chi connectivity index (χ1n) is 6.99. The summed E-state index contributed by atoms with van der Waals surface area (Å²) in [5.41, 5.74) is 3.23. The van der Waals surface area contributed by atoms with E-state index in [0.29, 0.717) is 5.69 Å². The molecule has 0 bridgehead atoms. The van der Waals surface area contributed by atoms with Gasteiger partial charge in [-0.1, -0.05) is 18.9 Å². The van der Waals surface area contributed by atoms with Gasteiger partial charge < -0.3 is 5.32 Å². The number of anilines is 1. The van der Waals surface area contributed by atoms with Crippen LogP contribution in [-0.4, -0.2) is 20.2 Å². The van der Waals surface area contributed by atoms with E-state index in [-0.39, 0.29) is 5.25 Å². The molecule has 0 spiro atoms. The lowest BCUT2D eigenvalue weighted by atomic mass is 10.0. The molecule has 1 aliphatic heterocycles. The summed E-state index contributed by atoms with van der Waals surface area (Å²) in [7, 11) is -3.21. The van der Waals surface area contributed by atoms with Crippen LogP contribution in [0.15, 0.2) is 18.2 Å². The first-order chi connectivity index (χ1) is 9.15. The maximum atomic E-state index is 12.2. The highest BCUT2D eigenvalue weighted by molar-refractivity contribution is 7.93. The third-order valence-electron chi connectivity index (χ3n) is 4.09. The Balaban J connectivity index is 1.79. The molecule has 0 aromatic heterocycles. The average Bonchev–Trinajstić information content (AvgIpc) is 2.93. The van der Waals surface area contributed by atoms with Crippen molar-refractivity contribution in [2.75, 3.05) is 11.3 Å². The van der Waals surface area contributed by atoms with Gasteiger partial charge in [0.05, 0.1) is 5.25 Å². The minimum atomic E-state index is -3.21. The first-order valence-corrected chi connectivity index (χ1v) is 8.54. The summed E-state index contributed by atoms with van der Waals surface area (Å²) in [6.07, 6.45) is 4.66. The van der Waals surface area contributed by atoms with Crippen molar-refractivity contribution in [2.24, 2.45) is 0 Å². The summed E-state index contributed by atoms with van der Waals surface area (Å²) < 4.78 is 27.2. The van der Waals surface area contributed by atoms with Gasteiger partial charge in [-0.3, -0.25) is 4.72 Å². The van der Waals surface area contributed by atoms with Crippen molar-refractivity contribution < 1.29 is 8.42 Å². The molecule has 5 heteroatoms. The molecule has 1 fully saturated rings. The van der Waals surface area contributed by atoms with E-state index in [1.807, 2.05) is 18.2 Å². The zero-order valence-electron chi connectivity index (χ0n) is 11.0. The summed E-state index contributed by atoms with van der Waals surface area (Å²) in [4.78, 5) is 0. The Morgan fingerprint density at radius 2 is 1.95 bits per heavy atom. The van der Waals surface area contributed by atoms with Crippen LogP contribution in [-0.2, 0) is 23.0 Å². The van der Waals surface area contributed by atoms with Crippen LogP contribution >= 0.6 is 0 Å². The third kappa shape index (κ3) is 2.77. The van der Waals surface area contributed by atoms with Crippen molar-refractivity contribution in [3.63, 3.8) is 0 Å². The highest BCUT2D eigenvalue weighted by Crippen LogP contribution is 2.27. The molecule has 0 unspecified atom stereocenters. The number of rotatable bonds is 3. The lowest BCUT2D eigenvalue weighted by Crippen LogP contribution is -2.26. The van der Waals surface area contributed by atoms with Gasteiger partial charge in [0.2, 0.25) is 10.0 Å². The number of fused-ring (bicyclic) bond motifs is 1. The lowest BCUT2D eigenvalue weighted by Gasteiger charge is -2.19. The standard InChI is InChI=1S/C14H20N2O2S/c17-19(18,14-3-1-2-4-14)16-13-6-5-11-7-8-15-10-12(11)9-13/h5-6,9,14-16H,1-4,7-8,10H2. The molecule has 0 saturated heterocycles. The third-order valence-corrected chi connectivity index (χ3v) is 5.96. The molecule has 0 atom stereocenters. The second-order valence-corrected chi connectivity index (χ2v) is 7.42. The monoisotopic (exact) mass is 280 g/mol. The van der Waals surface area contributed by atoms with Crippen molar-refractivity contribution in [1.29, 1.82) is 0 Å². The fraction of sp³-hybridized carbons (Fsp3) is 0.571. The van der Waals surface area contributed by atoms with Gasteiger partial charge in [-0.15, -0.1) is 0 Å². The van der Waals surface area contributed by atoms with Gasteiger partial charge in [0.15, 0.2) is 0 Å². The van der Waals surface area contributed by atoms with Crippen molar-refractivity contribution in [3.05, 3.63) is 29.3 Å². The van der Waals surface area contributed by atoms with Crippen LogP contribution in [0.3, 0.4) is 0 Å². The van der Waals surface area contributed by atoms with Crippen LogP contribution in [0.2, 0.25) is 0 Å². The summed E-state index contributed by atoms with van der Waals surface area (Å²) in [5, 5.41) is 3.10. The molecule has 3 rings (SSSR count). The number of benzene rings is 1. The average molecular weight is 280 g/mol. The fourth-order valence-electron chi connectivity index (χ4n) is 2.99. The van der Waals surface area contributed by atoms with Crippen LogP contribution in [0, 0.1) is 0 Å². The maximum absolute atomic E-state index is 12.2. The van der Waals surface area contributed by atoms with Gasteiger partial charge in [0.25, 0.3) is 0 Å². The number of sulfonamides is 1. The number of hydrogen-bond donors (Lipinski definition) is 2. The van der Waals surface area contributed by atoms with Crippen molar-refractivity contribution >= 4 is 15.7 Å². The molecular weight excluding hydrogens is 260 g/mol. The van der Waals surface area contributed by atoms with Gasteiger partial charge in [0.1, 0.15) is 0 Å². The molecule has 1 heterocycles. The zero-order valence-corrected chi connectivity index (χ0v) is 11.8. The van der Waals surface area contributed by atoms with Gasteiger partial charge >= 0.3 is 0 Å². The Labute approximate surface area is 114 Å². The predicted octanol–water partition coefficient (Wildman–Crippen LogP) is 2.02. The molecule has 0 radical (unpaired) electrons. The molecule has 4 nitrogen and oxygen atoms in total. The quantitative estimate of drug-likeness (QED) is 0.890. The SMILES string of the molecule is O=S(=O)(Nc1ccc2c(c1)CNCC2)C1CCCC1. The fourth-order valence-corrected chi connectivity index (χ4v) is 4.57. The van der Waals surface area contributed by atoms with E-state index in [0.717, 1.165) is 45.2 Å². The van der Waals surface area contributed by atoms with Gasteiger partial charge in [-0.2, -0.15) is 0 Å². The second-order valence-electron chi connectivity index (χ2n) is 5.46. The number of nitrogens with one attached hydrogen (secondary N) is 2. The summed E-state index contributed by atoms with van der Waals surface area (Å²) in [5.74, 6) is 0. The van der Waals surface area contributed by atoms with Crippen LogP contribution in [0.5, 0.6) is 0 Å². The van der Waals surface area contributed by atoms with E-state index in [9.17, 15) is 8.42 Å². The lowest BCUT2D eigenvalue weighted by molar-refractivity contribution is 0.585. The Morgan fingerprint density at radius 1 is 1.16 bits per heavy atom. The molecule has 2 N–H and O–H groups in total. The smallest absolute Gasteiger partial charge is 0.235 e. The minimum absolute atomic E-state index is 0.207. The molecule has 104 valence electrons. The molecule has 2 aliphatic rings. The molecule has 1 aromatic rings. The molecule has 1 aromatic carbocycles. The van der Waals surface area contributed by atoms with Crippen LogP contribution in [0.25, 0.3) is 0 Å². The van der Waals surface area contributed by atoms with Crippen molar-refractivity contribution in [1.82, 2.24) is 5.32 Å². The normalized spacial score (nSPS) is 20.2.